The van der Waals surface area contributed by atoms with Crippen molar-refractivity contribution in [1.29, 1.82) is 0 Å². The van der Waals surface area contributed by atoms with Gasteiger partial charge in [-0.05, 0) is 74.8 Å². The Labute approximate surface area is 182 Å². The molecular formula is C25H28N4O2. The van der Waals surface area contributed by atoms with Crippen LogP contribution in [0.1, 0.15) is 37.7 Å². The first-order valence-corrected chi connectivity index (χ1v) is 11.1. The van der Waals surface area contributed by atoms with E-state index in [4.69, 9.17) is 15.7 Å². The predicted molar refractivity (Wildman–Crippen MR) is 122 cm³/mol. The van der Waals surface area contributed by atoms with E-state index in [-0.39, 0.29) is 17.1 Å². The lowest BCUT2D eigenvalue weighted by Gasteiger charge is -2.35. The molecule has 1 aromatic heterocycles. The minimum atomic E-state index is -0.278. The number of phenolic OH excluding ortho intramolecular Hbond substituents is 1. The molecule has 1 aliphatic heterocycles. The highest BCUT2D eigenvalue weighted by molar-refractivity contribution is 5.92. The second kappa shape index (κ2) is 7.52. The molecule has 0 unspecified atom stereocenters. The molecule has 0 bridgehead atoms. The van der Waals surface area contributed by atoms with Crippen molar-refractivity contribution in [3.8, 4) is 17.1 Å². The first-order valence-electron chi connectivity index (χ1n) is 11.1. The average Bonchev–Trinajstić information content (AvgIpc) is 3.54. The Morgan fingerprint density at radius 2 is 2.03 bits per heavy atom. The molecule has 31 heavy (non-hydrogen) atoms. The second-order valence-corrected chi connectivity index (χ2v) is 9.21. The van der Waals surface area contributed by atoms with Crippen LogP contribution in [0, 0.1) is 18.3 Å². The van der Waals surface area contributed by atoms with E-state index in [1.54, 1.807) is 12.1 Å². The fourth-order valence-corrected chi connectivity index (χ4v) is 4.93. The smallest absolute Gasteiger partial charge is 0.223 e. The number of benzene rings is 2. The van der Waals surface area contributed by atoms with Gasteiger partial charge in [-0.1, -0.05) is 18.2 Å². The molecule has 0 radical (unpaired) electrons. The number of carbonyl (C=O) groups excluding carboxylic acids is 1. The standard InChI is InChI=1S/C25H28N4O2/c1-16-8-9-18-20(13-16)27-22(19-6-2-3-7-21(19)30)28-23(18)29-12-4-5-17(15-29)14-25(10-11-25)24(26)31/h2-3,6-9,13,17,30H,4-5,10-12,14-15H2,1H3,(H2,26,31)/t17-/m0/s1. The lowest BCUT2D eigenvalue weighted by atomic mass is 9.86. The number of hydrogen-bond donors (Lipinski definition) is 2. The van der Waals surface area contributed by atoms with Crippen molar-refractivity contribution in [3.63, 3.8) is 0 Å². The number of nitrogens with zero attached hydrogens (tertiary/aromatic N) is 3. The minimum absolute atomic E-state index is 0.144. The number of rotatable bonds is 5. The summed E-state index contributed by atoms with van der Waals surface area (Å²) >= 11 is 0. The molecule has 160 valence electrons. The Balaban J connectivity index is 1.54. The zero-order valence-electron chi connectivity index (χ0n) is 17.8. The molecule has 6 nitrogen and oxygen atoms in total. The van der Waals surface area contributed by atoms with Crippen LogP contribution < -0.4 is 10.6 Å². The number of fused-ring (bicyclic) bond motifs is 1. The van der Waals surface area contributed by atoms with E-state index in [0.29, 0.717) is 17.3 Å². The summed E-state index contributed by atoms with van der Waals surface area (Å²) in [5.74, 6) is 1.89. The molecule has 1 aliphatic carbocycles. The Morgan fingerprint density at radius 3 is 2.77 bits per heavy atom. The number of hydrogen-bond acceptors (Lipinski definition) is 5. The van der Waals surface area contributed by atoms with E-state index in [1.165, 1.54) is 0 Å². The molecule has 3 aromatic rings. The van der Waals surface area contributed by atoms with E-state index < -0.39 is 0 Å². The van der Waals surface area contributed by atoms with Crippen molar-refractivity contribution in [2.75, 3.05) is 18.0 Å². The van der Waals surface area contributed by atoms with Gasteiger partial charge in [0.05, 0.1) is 11.1 Å². The maximum atomic E-state index is 11.9. The number of aromatic hydroxyl groups is 1. The highest BCUT2D eigenvalue weighted by Crippen LogP contribution is 2.51. The number of nitrogens with two attached hydrogens (primary N) is 1. The summed E-state index contributed by atoms with van der Waals surface area (Å²) in [4.78, 5) is 23.9. The van der Waals surface area contributed by atoms with Crippen LogP contribution in [0.2, 0.25) is 0 Å². The van der Waals surface area contributed by atoms with E-state index in [2.05, 4.69) is 30.0 Å². The monoisotopic (exact) mass is 416 g/mol. The third-order valence-corrected chi connectivity index (χ3v) is 6.85. The number of anilines is 1. The number of aryl methyl sites for hydroxylation is 1. The number of carbonyl (C=O) groups is 1. The Bertz CT molecular complexity index is 1160. The zero-order valence-corrected chi connectivity index (χ0v) is 17.8. The average molecular weight is 417 g/mol. The van der Waals surface area contributed by atoms with Crippen molar-refractivity contribution in [1.82, 2.24) is 9.97 Å². The van der Waals surface area contributed by atoms with Crippen LogP contribution in [0.25, 0.3) is 22.3 Å². The summed E-state index contributed by atoms with van der Waals surface area (Å²) in [5.41, 5.74) is 8.05. The molecular weight excluding hydrogens is 388 g/mol. The molecule has 2 aromatic carbocycles. The fourth-order valence-electron chi connectivity index (χ4n) is 4.93. The fraction of sp³-hybridized carbons (Fsp3) is 0.400. The molecule has 1 atom stereocenters. The van der Waals surface area contributed by atoms with Gasteiger partial charge in [-0.15, -0.1) is 0 Å². The van der Waals surface area contributed by atoms with Gasteiger partial charge in [0.25, 0.3) is 0 Å². The normalized spacial score (nSPS) is 20.0. The molecule has 2 aliphatic rings. The van der Waals surface area contributed by atoms with Crippen LogP contribution in [-0.4, -0.2) is 34.1 Å². The number of aromatic nitrogens is 2. The third kappa shape index (κ3) is 3.71. The van der Waals surface area contributed by atoms with Crippen molar-refractivity contribution < 1.29 is 9.90 Å². The van der Waals surface area contributed by atoms with Gasteiger partial charge in [0.1, 0.15) is 11.6 Å². The Morgan fingerprint density at radius 1 is 1.23 bits per heavy atom. The van der Waals surface area contributed by atoms with Gasteiger partial charge in [0.2, 0.25) is 5.91 Å². The first kappa shape index (κ1) is 19.8. The van der Waals surface area contributed by atoms with Gasteiger partial charge in [-0.2, -0.15) is 0 Å². The molecule has 3 N–H and O–H groups in total. The predicted octanol–water partition coefficient (Wildman–Crippen LogP) is 4.18. The molecule has 2 heterocycles. The lowest BCUT2D eigenvalue weighted by molar-refractivity contribution is -0.123. The quantitative estimate of drug-likeness (QED) is 0.651. The third-order valence-electron chi connectivity index (χ3n) is 6.85. The summed E-state index contributed by atoms with van der Waals surface area (Å²) in [7, 11) is 0. The summed E-state index contributed by atoms with van der Waals surface area (Å²) < 4.78 is 0. The SMILES string of the molecule is Cc1ccc2c(N3CCC[C@@H](CC4(C(N)=O)CC4)C3)nc(-c3ccccc3O)nc2c1. The Kier molecular flexibility index (Phi) is 4.80. The van der Waals surface area contributed by atoms with Crippen LogP contribution in [0.3, 0.4) is 0 Å². The van der Waals surface area contributed by atoms with Crippen LogP contribution in [0.4, 0.5) is 5.82 Å². The molecule has 1 saturated heterocycles. The zero-order chi connectivity index (χ0) is 21.6. The summed E-state index contributed by atoms with van der Waals surface area (Å²) in [6.45, 7) is 3.83. The number of amides is 1. The molecule has 1 amide bonds. The number of para-hydroxylation sites is 1. The summed E-state index contributed by atoms with van der Waals surface area (Å²) in [6, 6.07) is 13.4. The number of phenols is 1. The molecule has 0 spiro atoms. The number of piperidine rings is 1. The first-order chi connectivity index (χ1) is 14.9. The van der Waals surface area contributed by atoms with Crippen LogP contribution in [0.15, 0.2) is 42.5 Å². The lowest BCUT2D eigenvalue weighted by Crippen LogP contribution is -2.38. The largest absolute Gasteiger partial charge is 0.507 e. The maximum Gasteiger partial charge on any atom is 0.223 e. The number of primary amides is 1. The van der Waals surface area contributed by atoms with Gasteiger partial charge >= 0.3 is 0 Å². The van der Waals surface area contributed by atoms with Crippen LogP contribution >= 0.6 is 0 Å². The highest BCUT2D eigenvalue weighted by Gasteiger charge is 2.49. The van der Waals surface area contributed by atoms with E-state index in [1.807, 2.05) is 12.1 Å². The van der Waals surface area contributed by atoms with Gasteiger partial charge in [-0.25, -0.2) is 9.97 Å². The highest BCUT2D eigenvalue weighted by atomic mass is 16.3. The minimum Gasteiger partial charge on any atom is -0.507 e. The summed E-state index contributed by atoms with van der Waals surface area (Å²) in [6.07, 6.45) is 4.88. The van der Waals surface area contributed by atoms with Crippen molar-refractivity contribution in [3.05, 3.63) is 48.0 Å². The topological polar surface area (TPSA) is 92.3 Å². The van der Waals surface area contributed by atoms with Gasteiger partial charge < -0.3 is 15.7 Å². The van der Waals surface area contributed by atoms with Crippen molar-refractivity contribution in [2.45, 2.75) is 39.0 Å². The van der Waals surface area contributed by atoms with Gasteiger partial charge in [-0.3, -0.25) is 4.79 Å². The van der Waals surface area contributed by atoms with Crippen molar-refractivity contribution >= 4 is 22.6 Å². The second-order valence-electron chi connectivity index (χ2n) is 9.21. The summed E-state index contributed by atoms with van der Waals surface area (Å²) in [5, 5.41) is 11.4. The van der Waals surface area contributed by atoms with Gasteiger partial charge in [0, 0.05) is 23.9 Å². The van der Waals surface area contributed by atoms with E-state index >= 15 is 0 Å². The molecule has 5 rings (SSSR count). The van der Waals surface area contributed by atoms with Crippen molar-refractivity contribution in [2.24, 2.45) is 17.1 Å². The maximum absolute atomic E-state index is 11.9. The molecule has 1 saturated carbocycles. The van der Waals surface area contributed by atoms with E-state index in [0.717, 1.165) is 67.5 Å². The van der Waals surface area contributed by atoms with E-state index in [9.17, 15) is 9.90 Å². The van der Waals surface area contributed by atoms with Crippen LogP contribution in [-0.2, 0) is 4.79 Å². The van der Waals surface area contributed by atoms with Crippen LogP contribution in [0.5, 0.6) is 5.75 Å². The van der Waals surface area contributed by atoms with Gasteiger partial charge in [0.15, 0.2) is 5.82 Å². The Hall–Kier alpha value is -3.15. The molecule has 2 fully saturated rings. The molecule has 6 heteroatoms.